The number of hydrogen-bond donors (Lipinski definition) is 2. The molecular weight excluding hydrogens is 232 g/mol. The highest BCUT2D eigenvalue weighted by Gasteiger charge is 2.35. The number of rotatable bonds is 1. The van der Waals surface area contributed by atoms with Crippen molar-refractivity contribution < 1.29 is 10.0 Å². The van der Waals surface area contributed by atoms with Crippen LogP contribution in [0.2, 0.25) is 0 Å². The first-order valence-electron chi connectivity index (χ1n) is 6.66. The Balaban J connectivity index is 2.00. The molecule has 0 saturated carbocycles. The van der Waals surface area contributed by atoms with E-state index in [9.17, 15) is 4.79 Å². The molecular formula is C12H22N4O2. The molecule has 3 N–H and O–H groups in total. The van der Waals surface area contributed by atoms with E-state index in [1.807, 2.05) is 4.90 Å². The molecule has 102 valence electrons. The lowest BCUT2D eigenvalue weighted by molar-refractivity contribution is 0.137. The average molecular weight is 254 g/mol. The normalized spacial score (nSPS) is 26.7. The molecule has 2 aliphatic heterocycles. The van der Waals surface area contributed by atoms with Gasteiger partial charge in [-0.3, -0.25) is 0 Å². The molecule has 2 saturated heterocycles. The van der Waals surface area contributed by atoms with E-state index in [2.05, 4.69) is 12.1 Å². The van der Waals surface area contributed by atoms with Crippen LogP contribution in [0.15, 0.2) is 5.16 Å². The van der Waals surface area contributed by atoms with Crippen LogP contribution in [0.5, 0.6) is 0 Å². The maximum atomic E-state index is 12.4. The first-order chi connectivity index (χ1) is 8.63. The van der Waals surface area contributed by atoms with E-state index in [1.165, 1.54) is 0 Å². The van der Waals surface area contributed by atoms with Gasteiger partial charge >= 0.3 is 6.03 Å². The summed E-state index contributed by atoms with van der Waals surface area (Å²) >= 11 is 0. The molecule has 1 atom stereocenters. The summed E-state index contributed by atoms with van der Waals surface area (Å²) in [5.74, 6) is 0.846. The van der Waals surface area contributed by atoms with Gasteiger partial charge in [0.1, 0.15) is 0 Å². The Morgan fingerprint density at radius 3 is 2.56 bits per heavy atom. The van der Waals surface area contributed by atoms with Gasteiger partial charge in [-0.2, -0.15) is 0 Å². The maximum Gasteiger partial charge on any atom is 0.320 e. The summed E-state index contributed by atoms with van der Waals surface area (Å²) in [5, 5.41) is 11.8. The zero-order valence-electron chi connectivity index (χ0n) is 10.9. The van der Waals surface area contributed by atoms with Crippen LogP contribution in [0.4, 0.5) is 4.79 Å². The third-order valence-electron chi connectivity index (χ3n) is 4.01. The van der Waals surface area contributed by atoms with Crippen molar-refractivity contribution in [2.75, 3.05) is 19.6 Å². The van der Waals surface area contributed by atoms with E-state index in [4.69, 9.17) is 10.9 Å². The molecule has 0 radical (unpaired) electrons. The lowest BCUT2D eigenvalue weighted by Gasteiger charge is -2.35. The number of oxime groups is 1. The summed E-state index contributed by atoms with van der Waals surface area (Å²) in [4.78, 5) is 16.0. The fourth-order valence-corrected chi connectivity index (χ4v) is 2.75. The number of carbonyl (C=O) groups is 1. The second-order valence-electron chi connectivity index (χ2n) is 5.33. The first-order valence-corrected chi connectivity index (χ1v) is 6.66. The van der Waals surface area contributed by atoms with E-state index >= 15 is 0 Å². The second-order valence-corrected chi connectivity index (χ2v) is 5.33. The quantitative estimate of drug-likeness (QED) is 0.317. The van der Waals surface area contributed by atoms with Crippen LogP contribution in [-0.4, -0.2) is 52.5 Å². The van der Waals surface area contributed by atoms with Crippen LogP contribution >= 0.6 is 0 Å². The Bertz CT molecular complexity index is 337. The lowest BCUT2D eigenvalue weighted by atomic mass is 9.99. The molecule has 2 rings (SSSR count). The number of carbonyl (C=O) groups excluding carboxylic acids is 1. The summed E-state index contributed by atoms with van der Waals surface area (Å²) in [6, 6.07) is -0.196. The molecule has 18 heavy (non-hydrogen) atoms. The van der Waals surface area contributed by atoms with Gasteiger partial charge in [0.2, 0.25) is 0 Å². The number of piperidine rings is 1. The molecule has 2 fully saturated rings. The number of urea groups is 1. The number of amidine groups is 1. The van der Waals surface area contributed by atoms with Crippen LogP contribution in [0.25, 0.3) is 0 Å². The summed E-state index contributed by atoms with van der Waals surface area (Å²) in [6.07, 6.45) is 3.82. The number of hydrogen-bond acceptors (Lipinski definition) is 3. The maximum absolute atomic E-state index is 12.4. The van der Waals surface area contributed by atoms with Crippen molar-refractivity contribution in [3.8, 4) is 0 Å². The molecule has 0 aromatic heterocycles. The monoisotopic (exact) mass is 254 g/mol. The zero-order chi connectivity index (χ0) is 13.1. The summed E-state index contributed by atoms with van der Waals surface area (Å²) in [7, 11) is 0. The Kier molecular flexibility index (Phi) is 3.93. The molecule has 0 bridgehead atoms. The Hall–Kier alpha value is -1.46. The van der Waals surface area contributed by atoms with E-state index in [-0.39, 0.29) is 17.9 Å². The van der Waals surface area contributed by atoms with Crippen molar-refractivity contribution in [1.29, 1.82) is 0 Å². The molecule has 6 nitrogen and oxygen atoms in total. The van der Waals surface area contributed by atoms with Crippen LogP contribution in [0, 0.1) is 5.92 Å². The van der Waals surface area contributed by atoms with Crippen molar-refractivity contribution in [3.05, 3.63) is 0 Å². The predicted molar refractivity (Wildman–Crippen MR) is 68.5 cm³/mol. The molecule has 1 unspecified atom stereocenters. The largest absolute Gasteiger partial charge is 0.409 e. The minimum absolute atomic E-state index is 0.0380. The van der Waals surface area contributed by atoms with Gasteiger partial charge in [-0.05, 0) is 31.6 Å². The minimum atomic E-state index is -0.234. The lowest BCUT2D eigenvalue weighted by Crippen LogP contribution is -2.51. The highest BCUT2D eigenvalue weighted by atomic mass is 16.4. The molecule has 0 spiro atoms. The molecule has 2 heterocycles. The van der Waals surface area contributed by atoms with Crippen molar-refractivity contribution in [1.82, 2.24) is 9.80 Å². The predicted octanol–water partition coefficient (Wildman–Crippen LogP) is 1.05. The molecule has 2 aliphatic rings. The molecule has 0 aliphatic carbocycles. The van der Waals surface area contributed by atoms with Crippen molar-refractivity contribution >= 4 is 11.9 Å². The number of amides is 2. The van der Waals surface area contributed by atoms with Gasteiger partial charge in [0.25, 0.3) is 0 Å². The van der Waals surface area contributed by atoms with E-state index in [0.29, 0.717) is 12.5 Å². The van der Waals surface area contributed by atoms with Gasteiger partial charge in [-0.1, -0.05) is 12.1 Å². The topological polar surface area (TPSA) is 82.2 Å². The summed E-state index contributed by atoms with van der Waals surface area (Å²) in [5.41, 5.74) is 5.65. The third-order valence-corrected chi connectivity index (χ3v) is 4.01. The first kappa shape index (κ1) is 13.0. The smallest absolute Gasteiger partial charge is 0.320 e. The fraction of sp³-hybridized carbons (Fsp3) is 0.833. The van der Waals surface area contributed by atoms with Gasteiger partial charge in [-0.15, -0.1) is 0 Å². The fourth-order valence-electron chi connectivity index (χ4n) is 2.75. The molecule has 2 amide bonds. The van der Waals surface area contributed by atoms with Crippen molar-refractivity contribution in [3.63, 3.8) is 0 Å². The van der Waals surface area contributed by atoms with Crippen molar-refractivity contribution in [2.24, 2.45) is 16.8 Å². The second kappa shape index (κ2) is 5.46. The minimum Gasteiger partial charge on any atom is -0.409 e. The zero-order valence-corrected chi connectivity index (χ0v) is 10.9. The van der Waals surface area contributed by atoms with Crippen LogP contribution in [-0.2, 0) is 0 Å². The summed E-state index contributed by atoms with van der Waals surface area (Å²) in [6.45, 7) is 4.56. The standard InChI is InChI=1S/C12H22N4O2/c1-9-4-7-15(8-5-9)12(17)16-6-2-3-10(16)11(13)14-18/h9-10,18H,2-8H2,1H3,(H2,13,14). The Labute approximate surface area is 107 Å². The van der Waals surface area contributed by atoms with Gasteiger partial charge in [0, 0.05) is 19.6 Å². The van der Waals surface area contributed by atoms with Crippen LogP contribution < -0.4 is 5.73 Å². The molecule has 6 heteroatoms. The Morgan fingerprint density at radius 1 is 1.28 bits per heavy atom. The molecule has 0 aromatic rings. The molecule has 0 aromatic carbocycles. The van der Waals surface area contributed by atoms with Gasteiger partial charge in [0.15, 0.2) is 5.84 Å². The number of nitrogens with two attached hydrogens (primary N) is 1. The van der Waals surface area contributed by atoms with Gasteiger partial charge in [-0.25, -0.2) is 4.79 Å². The highest BCUT2D eigenvalue weighted by molar-refractivity contribution is 5.90. The van der Waals surface area contributed by atoms with Crippen LogP contribution in [0.3, 0.4) is 0 Å². The SMILES string of the molecule is CC1CCN(C(=O)N2CCCC2C(N)=NO)CC1. The highest BCUT2D eigenvalue weighted by Crippen LogP contribution is 2.22. The summed E-state index contributed by atoms with van der Waals surface area (Å²) < 4.78 is 0. The van der Waals surface area contributed by atoms with Crippen LogP contribution in [0.1, 0.15) is 32.6 Å². The number of nitrogens with zero attached hydrogens (tertiary/aromatic N) is 3. The van der Waals surface area contributed by atoms with Gasteiger partial charge in [0.05, 0.1) is 6.04 Å². The van der Waals surface area contributed by atoms with E-state index < -0.39 is 0 Å². The third kappa shape index (κ3) is 2.52. The number of likely N-dealkylation sites (tertiary alicyclic amines) is 2. The van der Waals surface area contributed by atoms with Crippen molar-refractivity contribution in [2.45, 2.75) is 38.6 Å². The Morgan fingerprint density at radius 2 is 1.94 bits per heavy atom. The van der Waals surface area contributed by atoms with Gasteiger partial charge < -0.3 is 20.7 Å². The van der Waals surface area contributed by atoms with E-state index in [0.717, 1.165) is 38.8 Å². The van der Waals surface area contributed by atoms with E-state index in [1.54, 1.807) is 4.90 Å². The average Bonchev–Trinajstić information content (AvgIpc) is 2.87.